The van der Waals surface area contributed by atoms with E-state index in [1.807, 2.05) is 20.0 Å². The summed E-state index contributed by atoms with van der Waals surface area (Å²) in [5.41, 5.74) is 1.34. The number of benzene rings is 1. The van der Waals surface area contributed by atoms with Crippen LogP contribution in [0.15, 0.2) is 24.3 Å². The molecule has 1 N–H and O–H groups in total. The zero-order chi connectivity index (χ0) is 14.8. The average Bonchev–Trinajstić information content (AvgIpc) is 2.39. The molecule has 3 atom stereocenters. The van der Waals surface area contributed by atoms with Gasteiger partial charge in [-0.1, -0.05) is 39.0 Å². The van der Waals surface area contributed by atoms with Gasteiger partial charge in [-0.25, -0.2) is 0 Å². The van der Waals surface area contributed by atoms with E-state index in [1.165, 1.54) is 5.56 Å². The fraction of sp³-hybridized carbons (Fsp3) is 0.647. The maximum absolute atomic E-state index is 6.24. The molecule has 0 saturated heterocycles. The normalized spacial score (nSPS) is 26.1. The SMILES string of the molecule is CCOC1C(NC)CC1Oc1ccccc1C(C)(C)C. The number of nitrogens with one attached hydrogen (secondary N) is 1. The summed E-state index contributed by atoms with van der Waals surface area (Å²) in [6.07, 6.45) is 1.30. The van der Waals surface area contributed by atoms with Crippen LogP contribution in [0.5, 0.6) is 5.75 Å². The second-order valence-electron chi connectivity index (χ2n) is 6.45. The van der Waals surface area contributed by atoms with Gasteiger partial charge in [0.15, 0.2) is 0 Å². The Morgan fingerprint density at radius 2 is 1.95 bits per heavy atom. The monoisotopic (exact) mass is 277 g/mol. The van der Waals surface area contributed by atoms with Crippen molar-refractivity contribution in [2.24, 2.45) is 0 Å². The van der Waals surface area contributed by atoms with Gasteiger partial charge in [0.25, 0.3) is 0 Å². The quantitative estimate of drug-likeness (QED) is 0.897. The Kier molecular flexibility index (Phi) is 4.71. The van der Waals surface area contributed by atoms with Crippen LogP contribution in [-0.4, -0.2) is 31.9 Å². The lowest BCUT2D eigenvalue weighted by atomic mass is 9.84. The number of likely N-dealkylation sites (N-methyl/N-ethyl adjacent to an activating group) is 1. The predicted octanol–water partition coefficient (Wildman–Crippen LogP) is 3.13. The van der Waals surface area contributed by atoms with Crippen LogP contribution in [0.4, 0.5) is 0 Å². The van der Waals surface area contributed by atoms with E-state index in [1.54, 1.807) is 0 Å². The van der Waals surface area contributed by atoms with Crippen molar-refractivity contribution in [3.8, 4) is 5.75 Å². The number of rotatable bonds is 5. The summed E-state index contributed by atoms with van der Waals surface area (Å²) in [5.74, 6) is 0.990. The van der Waals surface area contributed by atoms with Crippen molar-refractivity contribution in [2.45, 2.75) is 57.8 Å². The van der Waals surface area contributed by atoms with Crippen molar-refractivity contribution < 1.29 is 9.47 Å². The lowest BCUT2D eigenvalue weighted by molar-refractivity contribution is -0.103. The predicted molar refractivity (Wildman–Crippen MR) is 82.4 cm³/mol. The topological polar surface area (TPSA) is 30.5 Å². The lowest BCUT2D eigenvalue weighted by Crippen LogP contribution is -2.60. The van der Waals surface area contributed by atoms with E-state index in [0.717, 1.165) is 18.8 Å². The minimum absolute atomic E-state index is 0.0872. The van der Waals surface area contributed by atoms with Crippen LogP contribution in [0.25, 0.3) is 0 Å². The van der Waals surface area contributed by atoms with E-state index in [-0.39, 0.29) is 17.6 Å². The molecule has 1 fully saturated rings. The van der Waals surface area contributed by atoms with E-state index in [0.29, 0.717) is 6.04 Å². The molecule has 0 aromatic heterocycles. The molecule has 112 valence electrons. The van der Waals surface area contributed by atoms with Crippen LogP contribution < -0.4 is 10.1 Å². The average molecular weight is 277 g/mol. The van der Waals surface area contributed by atoms with E-state index < -0.39 is 0 Å². The smallest absolute Gasteiger partial charge is 0.128 e. The van der Waals surface area contributed by atoms with Gasteiger partial charge in [-0.15, -0.1) is 0 Å². The molecular weight excluding hydrogens is 250 g/mol. The lowest BCUT2D eigenvalue weighted by Gasteiger charge is -2.44. The third-order valence-corrected chi connectivity index (χ3v) is 3.95. The minimum atomic E-state index is 0.0872. The Balaban J connectivity index is 2.11. The van der Waals surface area contributed by atoms with Gasteiger partial charge in [-0.3, -0.25) is 0 Å². The van der Waals surface area contributed by atoms with Crippen molar-refractivity contribution in [3.63, 3.8) is 0 Å². The van der Waals surface area contributed by atoms with Gasteiger partial charge in [-0.05, 0) is 31.0 Å². The molecule has 1 saturated carbocycles. The zero-order valence-electron chi connectivity index (χ0n) is 13.3. The third-order valence-electron chi connectivity index (χ3n) is 3.95. The molecule has 1 aliphatic carbocycles. The largest absolute Gasteiger partial charge is 0.487 e. The summed E-state index contributed by atoms with van der Waals surface area (Å²) in [7, 11) is 1.98. The van der Waals surface area contributed by atoms with E-state index in [4.69, 9.17) is 9.47 Å². The fourth-order valence-corrected chi connectivity index (χ4v) is 2.75. The van der Waals surface area contributed by atoms with Crippen molar-refractivity contribution in [2.75, 3.05) is 13.7 Å². The molecule has 3 nitrogen and oxygen atoms in total. The molecular formula is C17H27NO2. The van der Waals surface area contributed by atoms with Gasteiger partial charge >= 0.3 is 0 Å². The molecule has 0 heterocycles. The van der Waals surface area contributed by atoms with E-state index >= 15 is 0 Å². The first kappa shape index (κ1) is 15.3. The number of hydrogen-bond donors (Lipinski definition) is 1. The van der Waals surface area contributed by atoms with Crippen LogP contribution in [0.2, 0.25) is 0 Å². The Labute approximate surface area is 122 Å². The highest BCUT2D eigenvalue weighted by Gasteiger charge is 2.43. The van der Waals surface area contributed by atoms with Crippen LogP contribution in [-0.2, 0) is 10.2 Å². The van der Waals surface area contributed by atoms with E-state index in [2.05, 4.69) is 44.3 Å². The number of ether oxygens (including phenoxy) is 2. The molecule has 1 aromatic carbocycles. The van der Waals surface area contributed by atoms with Crippen LogP contribution in [0.3, 0.4) is 0 Å². The van der Waals surface area contributed by atoms with Crippen LogP contribution in [0, 0.1) is 0 Å². The first-order valence-corrected chi connectivity index (χ1v) is 7.52. The minimum Gasteiger partial charge on any atom is -0.487 e. The highest BCUT2D eigenvalue weighted by molar-refractivity contribution is 5.38. The number of hydrogen-bond acceptors (Lipinski definition) is 3. The maximum Gasteiger partial charge on any atom is 0.128 e. The third kappa shape index (κ3) is 3.15. The standard InChI is InChI=1S/C17H27NO2/c1-6-19-16-13(18-5)11-15(16)20-14-10-8-7-9-12(14)17(2,3)4/h7-10,13,15-16,18H,6,11H2,1-5H3. The second-order valence-corrected chi connectivity index (χ2v) is 6.45. The zero-order valence-corrected chi connectivity index (χ0v) is 13.3. The van der Waals surface area contributed by atoms with Gasteiger partial charge in [-0.2, -0.15) is 0 Å². The molecule has 0 radical (unpaired) electrons. The maximum atomic E-state index is 6.24. The first-order chi connectivity index (χ1) is 9.47. The van der Waals surface area contributed by atoms with Crippen LogP contribution in [0.1, 0.15) is 39.7 Å². The Hall–Kier alpha value is -1.06. The van der Waals surface area contributed by atoms with Crippen molar-refractivity contribution in [1.82, 2.24) is 5.32 Å². The van der Waals surface area contributed by atoms with Gasteiger partial charge in [0, 0.05) is 19.1 Å². The molecule has 1 aliphatic rings. The molecule has 20 heavy (non-hydrogen) atoms. The molecule has 0 amide bonds. The number of para-hydroxylation sites is 1. The van der Waals surface area contributed by atoms with Crippen molar-refractivity contribution >= 4 is 0 Å². The first-order valence-electron chi connectivity index (χ1n) is 7.52. The summed E-state index contributed by atoms with van der Waals surface area (Å²) >= 11 is 0. The fourth-order valence-electron chi connectivity index (χ4n) is 2.75. The second kappa shape index (κ2) is 6.15. The highest BCUT2D eigenvalue weighted by atomic mass is 16.5. The van der Waals surface area contributed by atoms with Crippen molar-refractivity contribution in [3.05, 3.63) is 29.8 Å². The van der Waals surface area contributed by atoms with Gasteiger partial charge in [0.1, 0.15) is 18.0 Å². The summed E-state index contributed by atoms with van der Waals surface area (Å²) < 4.78 is 12.0. The summed E-state index contributed by atoms with van der Waals surface area (Å²) in [5, 5.41) is 3.29. The summed E-state index contributed by atoms with van der Waals surface area (Å²) in [4.78, 5) is 0. The molecule has 0 bridgehead atoms. The van der Waals surface area contributed by atoms with Gasteiger partial charge in [0.2, 0.25) is 0 Å². The Bertz CT molecular complexity index is 439. The molecule has 0 aliphatic heterocycles. The Morgan fingerprint density at radius 3 is 2.55 bits per heavy atom. The molecule has 0 spiro atoms. The summed E-state index contributed by atoms with van der Waals surface area (Å²) in [6, 6.07) is 8.73. The molecule has 2 rings (SSSR count). The molecule has 3 heteroatoms. The molecule has 1 aromatic rings. The highest BCUT2D eigenvalue weighted by Crippen LogP contribution is 2.35. The summed E-state index contributed by atoms with van der Waals surface area (Å²) in [6.45, 7) is 9.40. The molecule has 3 unspecified atom stereocenters. The van der Waals surface area contributed by atoms with Gasteiger partial charge in [0.05, 0.1) is 0 Å². The van der Waals surface area contributed by atoms with Crippen molar-refractivity contribution in [1.29, 1.82) is 0 Å². The van der Waals surface area contributed by atoms with Crippen LogP contribution >= 0.6 is 0 Å². The Morgan fingerprint density at radius 1 is 1.25 bits per heavy atom. The van der Waals surface area contributed by atoms with Gasteiger partial charge < -0.3 is 14.8 Å². The van der Waals surface area contributed by atoms with E-state index in [9.17, 15) is 0 Å².